The first kappa shape index (κ1) is 16.0. The second-order valence-electron chi connectivity index (χ2n) is 2.66. The molecule has 0 aliphatic carbocycles. The zero-order valence-electron chi connectivity index (χ0n) is 8.19. The third kappa shape index (κ3) is 4.15. The number of hydrogen-bond acceptors (Lipinski definition) is 3. The first-order valence-corrected chi connectivity index (χ1v) is 3.88. The summed E-state index contributed by atoms with van der Waals surface area (Å²) in [5.74, 6) is 6.16. The van der Waals surface area contributed by atoms with Crippen LogP contribution in [-0.4, -0.2) is 7.11 Å². The van der Waals surface area contributed by atoms with Gasteiger partial charge in [-0.05, 0) is 24.6 Å². The van der Waals surface area contributed by atoms with Crippen molar-refractivity contribution >= 4 is 24.8 Å². The van der Waals surface area contributed by atoms with E-state index in [0.29, 0.717) is 0 Å². The highest BCUT2D eigenvalue weighted by Gasteiger charge is 2.01. The number of ether oxygens (including phenoxy) is 1. The minimum atomic E-state index is 0. The SMILES string of the molecule is COc1ccc(C(C)NN)cc1.Cl.Cl. The molecule has 0 radical (unpaired) electrons. The van der Waals surface area contributed by atoms with Gasteiger partial charge in [0, 0.05) is 6.04 Å². The van der Waals surface area contributed by atoms with Gasteiger partial charge in [-0.15, -0.1) is 24.8 Å². The maximum Gasteiger partial charge on any atom is 0.118 e. The van der Waals surface area contributed by atoms with Crippen LogP contribution in [0.1, 0.15) is 18.5 Å². The summed E-state index contributed by atoms with van der Waals surface area (Å²) in [6, 6.07) is 8.00. The quantitative estimate of drug-likeness (QED) is 0.627. The molecule has 0 spiro atoms. The normalized spacial score (nSPS) is 10.8. The molecule has 0 heterocycles. The van der Waals surface area contributed by atoms with Crippen molar-refractivity contribution in [3.8, 4) is 5.75 Å². The van der Waals surface area contributed by atoms with Gasteiger partial charge in [-0.25, -0.2) is 0 Å². The standard InChI is InChI=1S/C9H14N2O.2ClH/c1-7(11-10)8-3-5-9(12-2)6-4-8;;/h3-7,11H,10H2,1-2H3;2*1H. The summed E-state index contributed by atoms with van der Waals surface area (Å²) in [5, 5.41) is 0. The van der Waals surface area contributed by atoms with Gasteiger partial charge in [-0.2, -0.15) is 0 Å². The Bertz CT molecular complexity index is 241. The highest BCUT2D eigenvalue weighted by molar-refractivity contribution is 5.85. The highest BCUT2D eigenvalue weighted by Crippen LogP contribution is 2.16. The molecule has 1 aromatic rings. The average molecular weight is 239 g/mol. The predicted octanol–water partition coefficient (Wildman–Crippen LogP) is 2.06. The second kappa shape index (κ2) is 7.88. The largest absolute Gasteiger partial charge is 0.497 e. The zero-order valence-corrected chi connectivity index (χ0v) is 9.82. The molecule has 14 heavy (non-hydrogen) atoms. The molecule has 3 N–H and O–H groups in total. The van der Waals surface area contributed by atoms with E-state index < -0.39 is 0 Å². The summed E-state index contributed by atoms with van der Waals surface area (Å²) in [6.45, 7) is 2.00. The summed E-state index contributed by atoms with van der Waals surface area (Å²) >= 11 is 0. The van der Waals surface area contributed by atoms with Crippen LogP contribution in [-0.2, 0) is 0 Å². The van der Waals surface area contributed by atoms with Crippen molar-refractivity contribution in [2.75, 3.05) is 7.11 Å². The van der Waals surface area contributed by atoms with E-state index in [9.17, 15) is 0 Å². The molecule has 82 valence electrons. The molecule has 1 atom stereocenters. The molecule has 1 unspecified atom stereocenters. The average Bonchev–Trinajstić information content (AvgIpc) is 2.17. The molecule has 0 fully saturated rings. The Morgan fingerprint density at radius 3 is 2.07 bits per heavy atom. The second-order valence-corrected chi connectivity index (χ2v) is 2.66. The molecular weight excluding hydrogens is 223 g/mol. The van der Waals surface area contributed by atoms with Gasteiger partial charge in [0.1, 0.15) is 5.75 Å². The van der Waals surface area contributed by atoms with Crippen LogP contribution in [0.3, 0.4) is 0 Å². The van der Waals surface area contributed by atoms with Crippen LogP contribution in [0.5, 0.6) is 5.75 Å². The molecule has 1 aromatic carbocycles. The number of halogens is 2. The van der Waals surface area contributed by atoms with E-state index in [0.717, 1.165) is 11.3 Å². The lowest BCUT2D eigenvalue weighted by Crippen LogP contribution is -2.25. The van der Waals surface area contributed by atoms with Gasteiger partial charge in [-0.1, -0.05) is 12.1 Å². The Balaban J connectivity index is 0. The van der Waals surface area contributed by atoms with Crippen LogP contribution in [0, 0.1) is 0 Å². The molecule has 5 heteroatoms. The number of benzene rings is 1. The van der Waals surface area contributed by atoms with Gasteiger partial charge in [0.2, 0.25) is 0 Å². The van der Waals surface area contributed by atoms with Gasteiger partial charge in [-0.3, -0.25) is 11.3 Å². The van der Waals surface area contributed by atoms with Crippen molar-refractivity contribution < 1.29 is 4.74 Å². The summed E-state index contributed by atoms with van der Waals surface area (Å²) in [4.78, 5) is 0. The Kier molecular flexibility index (Phi) is 8.99. The Morgan fingerprint density at radius 2 is 1.71 bits per heavy atom. The summed E-state index contributed by atoms with van der Waals surface area (Å²) in [7, 11) is 1.65. The lowest BCUT2D eigenvalue weighted by atomic mass is 10.1. The number of nitrogens with two attached hydrogens (primary N) is 1. The summed E-state index contributed by atoms with van der Waals surface area (Å²) in [5.41, 5.74) is 3.83. The molecule has 0 saturated heterocycles. The maximum atomic E-state index is 5.29. The fourth-order valence-corrected chi connectivity index (χ4v) is 0.989. The number of methoxy groups -OCH3 is 1. The minimum absolute atomic E-state index is 0. The Labute approximate surface area is 96.8 Å². The molecule has 3 nitrogen and oxygen atoms in total. The van der Waals surface area contributed by atoms with E-state index in [1.54, 1.807) is 7.11 Å². The van der Waals surface area contributed by atoms with Crippen LogP contribution in [0.4, 0.5) is 0 Å². The van der Waals surface area contributed by atoms with E-state index in [2.05, 4.69) is 5.43 Å². The van der Waals surface area contributed by atoms with Crippen molar-refractivity contribution in [2.45, 2.75) is 13.0 Å². The van der Waals surface area contributed by atoms with E-state index in [1.807, 2.05) is 31.2 Å². The van der Waals surface area contributed by atoms with Crippen molar-refractivity contribution in [1.82, 2.24) is 5.43 Å². The highest BCUT2D eigenvalue weighted by atomic mass is 35.5. The first-order valence-electron chi connectivity index (χ1n) is 3.88. The molecule has 0 aliphatic rings. The van der Waals surface area contributed by atoms with E-state index >= 15 is 0 Å². The van der Waals surface area contributed by atoms with Gasteiger partial charge >= 0.3 is 0 Å². The van der Waals surface area contributed by atoms with Crippen molar-refractivity contribution in [3.63, 3.8) is 0 Å². The molecule has 1 rings (SSSR count). The molecule has 0 aromatic heterocycles. The van der Waals surface area contributed by atoms with Crippen LogP contribution >= 0.6 is 24.8 Å². The van der Waals surface area contributed by atoms with Crippen LogP contribution in [0.25, 0.3) is 0 Å². The fraction of sp³-hybridized carbons (Fsp3) is 0.333. The smallest absolute Gasteiger partial charge is 0.118 e. The lowest BCUT2D eigenvalue weighted by Gasteiger charge is -2.10. The van der Waals surface area contributed by atoms with Crippen molar-refractivity contribution in [1.29, 1.82) is 0 Å². The van der Waals surface area contributed by atoms with Gasteiger partial charge in [0.25, 0.3) is 0 Å². The number of rotatable bonds is 3. The zero-order chi connectivity index (χ0) is 8.97. The lowest BCUT2D eigenvalue weighted by molar-refractivity contribution is 0.414. The molecule has 0 aliphatic heterocycles. The van der Waals surface area contributed by atoms with Crippen molar-refractivity contribution in [3.05, 3.63) is 29.8 Å². The molecule has 0 saturated carbocycles. The number of hydrogen-bond donors (Lipinski definition) is 2. The maximum absolute atomic E-state index is 5.29. The summed E-state index contributed by atoms with van der Waals surface area (Å²) < 4.78 is 5.03. The third-order valence-corrected chi connectivity index (χ3v) is 1.87. The minimum Gasteiger partial charge on any atom is -0.497 e. The van der Waals surface area contributed by atoms with Gasteiger partial charge in [0.05, 0.1) is 7.11 Å². The fourth-order valence-electron chi connectivity index (χ4n) is 0.989. The first-order chi connectivity index (χ1) is 5.77. The molecular formula is C9H16Cl2N2O. The third-order valence-electron chi connectivity index (χ3n) is 1.87. The van der Waals surface area contributed by atoms with Crippen LogP contribution in [0.15, 0.2) is 24.3 Å². The van der Waals surface area contributed by atoms with Crippen molar-refractivity contribution in [2.24, 2.45) is 5.84 Å². The monoisotopic (exact) mass is 238 g/mol. The topological polar surface area (TPSA) is 47.3 Å². The number of hydrazine groups is 1. The van der Waals surface area contributed by atoms with Crippen LogP contribution in [0.2, 0.25) is 0 Å². The molecule has 0 amide bonds. The molecule has 0 bridgehead atoms. The van der Waals surface area contributed by atoms with Gasteiger partial charge < -0.3 is 4.74 Å². The number of nitrogens with one attached hydrogen (secondary N) is 1. The predicted molar refractivity (Wildman–Crippen MR) is 63.2 cm³/mol. The van der Waals surface area contributed by atoms with Crippen LogP contribution < -0.4 is 16.0 Å². The van der Waals surface area contributed by atoms with Gasteiger partial charge in [0.15, 0.2) is 0 Å². The summed E-state index contributed by atoms with van der Waals surface area (Å²) in [6.07, 6.45) is 0. The van der Waals surface area contributed by atoms with E-state index in [-0.39, 0.29) is 30.9 Å². The Hall–Kier alpha value is -0.480. The van der Waals surface area contributed by atoms with E-state index in [1.165, 1.54) is 0 Å². The van der Waals surface area contributed by atoms with E-state index in [4.69, 9.17) is 10.6 Å². The Morgan fingerprint density at radius 1 is 1.21 bits per heavy atom.